The van der Waals surface area contributed by atoms with Gasteiger partial charge in [0.05, 0.1) is 0 Å². The summed E-state index contributed by atoms with van der Waals surface area (Å²) in [5.74, 6) is 0.575. The molecule has 1 rings (SSSR count). The van der Waals surface area contributed by atoms with E-state index in [0.29, 0.717) is 19.0 Å². The Hall–Kier alpha value is -1.00. The van der Waals surface area contributed by atoms with E-state index >= 15 is 0 Å². The lowest BCUT2D eigenvalue weighted by atomic mass is 10.5. The highest BCUT2D eigenvalue weighted by atomic mass is 16.7. The van der Waals surface area contributed by atoms with Crippen LogP contribution in [0.1, 0.15) is 26.0 Å². The molecule has 1 heterocycles. The first-order valence-electron chi connectivity index (χ1n) is 4.38. The van der Waals surface area contributed by atoms with Gasteiger partial charge in [-0.05, 0) is 19.9 Å². The zero-order valence-electron chi connectivity index (χ0n) is 7.93. The van der Waals surface area contributed by atoms with Gasteiger partial charge in [0.15, 0.2) is 5.82 Å². The fraction of sp³-hybridized carbons (Fsp3) is 0.556. The highest BCUT2D eigenvalue weighted by molar-refractivity contribution is 4.89. The Balaban J connectivity index is 2.64. The van der Waals surface area contributed by atoms with Crippen LogP contribution < -0.4 is 0 Å². The molecule has 4 nitrogen and oxygen atoms in total. The average Bonchev–Trinajstić information content (AvgIpc) is 2.19. The summed E-state index contributed by atoms with van der Waals surface area (Å²) in [6.07, 6.45) is 2.91. The summed E-state index contributed by atoms with van der Waals surface area (Å²) in [6, 6.07) is 1.76. The SMILES string of the molecule is CCOC(OCC)c1ncccn1. The van der Waals surface area contributed by atoms with E-state index in [4.69, 9.17) is 9.47 Å². The van der Waals surface area contributed by atoms with Crippen LogP contribution in [-0.2, 0) is 9.47 Å². The number of hydrogen-bond donors (Lipinski definition) is 0. The van der Waals surface area contributed by atoms with Gasteiger partial charge in [-0.15, -0.1) is 0 Å². The third-order valence-electron chi connectivity index (χ3n) is 1.43. The molecule has 0 atom stereocenters. The topological polar surface area (TPSA) is 44.2 Å². The van der Waals surface area contributed by atoms with E-state index in [1.165, 1.54) is 0 Å². The lowest BCUT2D eigenvalue weighted by molar-refractivity contribution is -0.145. The zero-order valence-corrected chi connectivity index (χ0v) is 7.93. The minimum absolute atomic E-state index is 0.434. The van der Waals surface area contributed by atoms with Crippen molar-refractivity contribution in [3.63, 3.8) is 0 Å². The molecule has 0 radical (unpaired) electrons. The lowest BCUT2D eigenvalue weighted by Crippen LogP contribution is -2.11. The molecule has 0 aliphatic heterocycles. The van der Waals surface area contributed by atoms with E-state index in [-0.39, 0.29) is 0 Å². The first-order chi connectivity index (χ1) is 6.38. The lowest BCUT2D eigenvalue weighted by Gasteiger charge is -2.14. The van der Waals surface area contributed by atoms with Crippen LogP contribution in [0.25, 0.3) is 0 Å². The maximum absolute atomic E-state index is 5.32. The Morgan fingerprint density at radius 3 is 2.15 bits per heavy atom. The van der Waals surface area contributed by atoms with Gasteiger partial charge in [0.2, 0.25) is 6.29 Å². The number of nitrogens with zero attached hydrogens (tertiary/aromatic N) is 2. The van der Waals surface area contributed by atoms with Crippen molar-refractivity contribution in [1.29, 1.82) is 0 Å². The van der Waals surface area contributed by atoms with Crippen LogP contribution in [0, 0.1) is 0 Å². The highest BCUT2D eigenvalue weighted by Gasteiger charge is 2.12. The summed E-state index contributed by atoms with van der Waals surface area (Å²) in [5, 5.41) is 0. The molecule has 0 saturated carbocycles. The Kier molecular flexibility index (Phi) is 4.35. The predicted molar refractivity (Wildman–Crippen MR) is 48.0 cm³/mol. The van der Waals surface area contributed by atoms with Gasteiger partial charge < -0.3 is 9.47 Å². The van der Waals surface area contributed by atoms with E-state index in [1.807, 2.05) is 13.8 Å². The van der Waals surface area contributed by atoms with E-state index in [1.54, 1.807) is 18.5 Å². The van der Waals surface area contributed by atoms with Crippen molar-refractivity contribution in [3.05, 3.63) is 24.3 Å². The van der Waals surface area contributed by atoms with Crippen LogP contribution in [0.2, 0.25) is 0 Å². The van der Waals surface area contributed by atoms with E-state index in [0.717, 1.165) is 0 Å². The van der Waals surface area contributed by atoms with E-state index in [2.05, 4.69) is 9.97 Å². The molecule has 4 heteroatoms. The number of rotatable bonds is 5. The molecule has 0 N–H and O–H groups in total. The molecule has 1 aromatic rings. The van der Waals surface area contributed by atoms with Gasteiger partial charge in [-0.3, -0.25) is 0 Å². The molecule has 0 saturated heterocycles. The maximum atomic E-state index is 5.32. The number of ether oxygens (including phenoxy) is 2. The Morgan fingerprint density at radius 2 is 1.69 bits per heavy atom. The van der Waals surface area contributed by atoms with E-state index < -0.39 is 6.29 Å². The molecule has 0 spiro atoms. The van der Waals surface area contributed by atoms with Crippen molar-refractivity contribution in [2.24, 2.45) is 0 Å². The van der Waals surface area contributed by atoms with Gasteiger partial charge in [-0.1, -0.05) is 0 Å². The second-order valence-corrected chi connectivity index (χ2v) is 2.35. The predicted octanol–water partition coefficient (Wildman–Crippen LogP) is 1.55. The van der Waals surface area contributed by atoms with Crippen LogP contribution in [0.15, 0.2) is 18.5 Å². The minimum Gasteiger partial charge on any atom is -0.346 e. The molecule has 0 aliphatic carbocycles. The zero-order chi connectivity index (χ0) is 9.52. The number of hydrogen-bond acceptors (Lipinski definition) is 4. The highest BCUT2D eigenvalue weighted by Crippen LogP contribution is 2.12. The normalized spacial score (nSPS) is 10.7. The summed E-state index contributed by atoms with van der Waals surface area (Å²) in [7, 11) is 0. The summed E-state index contributed by atoms with van der Waals surface area (Å²) >= 11 is 0. The van der Waals surface area contributed by atoms with Crippen molar-refractivity contribution in [1.82, 2.24) is 9.97 Å². The molecule has 13 heavy (non-hydrogen) atoms. The smallest absolute Gasteiger partial charge is 0.219 e. The Morgan fingerprint density at radius 1 is 1.15 bits per heavy atom. The van der Waals surface area contributed by atoms with Gasteiger partial charge in [0.1, 0.15) is 0 Å². The molecular weight excluding hydrogens is 168 g/mol. The quantitative estimate of drug-likeness (QED) is 0.648. The van der Waals surface area contributed by atoms with Crippen molar-refractivity contribution < 1.29 is 9.47 Å². The van der Waals surface area contributed by atoms with Gasteiger partial charge in [-0.2, -0.15) is 0 Å². The first-order valence-corrected chi connectivity index (χ1v) is 4.38. The summed E-state index contributed by atoms with van der Waals surface area (Å²) < 4.78 is 10.6. The molecular formula is C9H14N2O2. The second-order valence-electron chi connectivity index (χ2n) is 2.35. The van der Waals surface area contributed by atoms with Gasteiger partial charge in [0.25, 0.3) is 0 Å². The third kappa shape index (κ3) is 3.08. The summed E-state index contributed by atoms with van der Waals surface area (Å²) in [6.45, 7) is 5.00. The minimum atomic E-state index is -0.434. The third-order valence-corrected chi connectivity index (χ3v) is 1.43. The maximum Gasteiger partial charge on any atom is 0.219 e. The van der Waals surface area contributed by atoms with Gasteiger partial charge >= 0.3 is 0 Å². The van der Waals surface area contributed by atoms with Crippen LogP contribution in [0.3, 0.4) is 0 Å². The Bertz CT molecular complexity index is 222. The fourth-order valence-electron chi connectivity index (χ4n) is 0.932. The monoisotopic (exact) mass is 182 g/mol. The van der Waals surface area contributed by atoms with Gasteiger partial charge in [0, 0.05) is 25.6 Å². The first kappa shape index (κ1) is 10.1. The van der Waals surface area contributed by atoms with Crippen molar-refractivity contribution in [2.75, 3.05) is 13.2 Å². The molecule has 0 aliphatic rings. The van der Waals surface area contributed by atoms with Gasteiger partial charge in [-0.25, -0.2) is 9.97 Å². The van der Waals surface area contributed by atoms with Crippen LogP contribution >= 0.6 is 0 Å². The molecule has 0 fully saturated rings. The van der Waals surface area contributed by atoms with E-state index in [9.17, 15) is 0 Å². The molecule has 0 amide bonds. The van der Waals surface area contributed by atoms with Crippen molar-refractivity contribution >= 4 is 0 Å². The number of aromatic nitrogens is 2. The average molecular weight is 182 g/mol. The molecule has 0 unspecified atom stereocenters. The fourth-order valence-corrected chi connectivity index (χ4v) is 0.932. The second kappa shape index (κ2) is 5.61. The largest absolute Gasteiger partial charge is 0.346 e. The standard InChI is InChI=1S/C9H14N2O2/c1-3-12-9(13-4-2)8-10-6-5-7-11-8/h5-7,9H,3-4H2,1-2H3. The van der Waals surface area contributed by atoms with Crippen molar-refractivity contribution in [2.45, 2.75) is 20.1 Å². The molecule has 1 aromatic heterocycles. The van der Waals surface area contributed by atoms with Crippen LogP contribution in [0.5, 0.6) is 0 Å². The van der Waals surface area contributed by atoms with Crippen LogP contribution in [-0.4, -0.2) is 23.2 Å². The summed E-state index contributed by atoms with van der Waals surface area (Å²) in [4.78, 5) is 8.11. The summed E-state index contributed by atoms with van der Waals surface area (Å²) in [5.41, 5.74) is 0. The van der Waals surface area contributed by atoms with Crippen LogP contribution in [0.4, 0.5) is 0 Å². The molecule has 72 valence electrons. The van der Waals surface area contributed by atoms with Crippen molar-refractivity contribution in [3.8, 4) is 0 Å². The molecule has 0 bridgehead atoms. The Labute approximate surface area is 77.9 Å². The molecule has 0 aromatic carbocycles.